The van der Waals surface area contributed by atoms with E-state index in [1.165, 1.54) is 7.11 Å². The van der Waals surface area contributed by atoms with Gasteiger partial charge in [0, 0.05) is 7.11 Å². The normalized spacial score (nSPS) is 26.5. The molecule has 0 spiro atoms. The molecule has 0 bridgehead atoms. The second-order valence-electron chi connectivity index (χ2n) is 8.48. The van der Waals surface area contributed by atoms with Crippen LogP contribution in [0.2, 0.25) is 0 Å². The van der Waals surface area contributed by atoms with E-state index in [2.05, 4.69) is 0 Å². The van der Waals surface area contributed by atoms with Crippen molar-refractivity contribution in [3.05, 3.63) is 108 Å². The number of rotatable bonds is 11. The van der Waals surface area contributed by atoms with Crippen molar-refractivity contribution in [2.45, 2.75) is 50.2 Å². The van der Waals surface area contributed by atoms with Gasteiger partial charge in [0.05, 0.1) is 19.8 Å². The van der Waals surface area contributed by atoms with E-state index < -0.39 is 30.4 Å². The highest BCUT2D eigenvalue weighted by Gasteiger charge is 2.56. The monoisotopic (exact) mass is 480 g/mol. The van der Waals surface area contributed by atoms with E-state index in [0.29, 0.717) is 0 Å². The van der Waals surface area contributed by atoms with Crippen LogP contribution in [0.25, 0.3) is 0 Å². The molecule has 4 rings (SSSR count). The fraction of sp³-hybridized carbons (Fsp3) is 0.357. The van der Waals surface area contributed by atoms with Gasteiger partial charge in [-0.05, 0) is 16.7 Å². The van der Waals surface area contributed by atoms with Gasteiger partial charge < -0.3 is 33.9 Å². The molecule has 186 valence electrons. The van der Waals surface area contributed by atoms with Crippen molar-refractivity contribution >= 4 is 0 Å². The first kappa shape index (κ1) is 25.5. The lowest BCUT2D eigenvalue weighted by atomic mass is 9.95. The summed E-state index contributed by atoms with van der Waals surface area (Å²) in [7, 11) is 1.46. The summed E-state index contributed by atoms with van der Waals surface area (Å²) in [5, 5.41) is 22.3. The number of aliphatic hydroxyl groups excluding tert-OH is 2. The molecule has 0 unspecified atom stereocenters. The van der Waals surface area contributed by atoms with Crippen LogP contribution in [0.15, 0.2) is 91.0 Å². The van der Waals surface area contributed by atoms with Gasteiger partial charge in [0.2, 0.25) is 5.79 Å². The van der Waals surface area contributed by atoms with Crippen molar-refractivity contribution in [2.75, 3.05) is 13.7 Å². The summed E-state index contributed by atoms with van der Waals surface area (Å²) in [6, 6.07) is 28.7. The molecular weight excluding hydrogens is 448 g/mol. The van der Waals surface area contributed by atoms with Crippen LogP contribution in [0.1, 0.15) is 16.7 Å². The van der Waals surface area contributed by atoms with E-state index in [0.717, 1.165) is 16.7 Å². The molecule has 0 saturated carbocycles. The van der Waals surface area contributed by atoms with E-state index in [9.17, 15) is 10.2 Å². The Labute approximate surface area is 205 Å². The lowest BCUT2D eigenvalue weighted by molar-refractivity contribution is -0.415. The van der Waals surface area contributed by atoms with Gasteiger partial charge in [-0.1, -0.05) is 91.0 Å². The maximum Gasteiger partial charge on any atom is 0.224 e. The lowest BCUT2D eigenvalue weighted by Gasteiger charge is -2.48. The van der Waals surface area contributed by atoms with E-state index in [1.807, 2.05) is 91.0 Å². The number of aliphatic hydroxyl groups is 2. The van der Waals surface area contributed by atoms with Crippen LogP contribution in [0.4, 0.5) is 0 Å². The first-order valence-electron chi connectivity index (χ1n) is 11.6. The van der Waals surface area contributed by atoms with Crippen molar-refractivity contribution in [1.82, 2.24) is 0 Å². The van der Waals surface area contributed by atoms with Crippen LogP contribution in [0.5, 0.6) is 0 Å². The maximum atomic E-state index is 11.2. The molecule has 2 N–H and O–H groups in total. The minimum Gasteiger partial charge on any atom is -0.387 e. The number of benzene rings is 3. The predicted octanol–water partition coefficient (Wildman–Crippen LogP) is 3.43. The molecule has 0 aromatic heterocycles. The Morgan fingerprint density at radius 3 is 1.80 bits per heavy atom. The largest absolute Gasteiger partial charge is 0.387 e. The molecule has 1 aliphatic rings. The van der Waals surface area contributed by atoms with Crippen LogP contribution in [-0.2, 0) is 43.5 Å². The fourth-order valence-corrected chi connectivity index (χ4v) is 4.01. The van der Waals surface area contributed by atoms with Gasteiger partial charge in [-0.15, -0.1) is 0 Å². The fourth-order valence-electron chi connectivity index (χ4n) is 4.01. The summed E-state index contributed by atoms with van der Waals surface area (Å²) in [5.41, 5.74) is 2.77. The summed E-state index contributed by atoms with van der Waals surface area (Å²) >= 11 is 0. The Kier molecular flexibility index (Phi) is 9.01. The van der Waals surface area contributed by atoms with Crippen LogP contribution in [0, 0.1) is 0 Å². The van der Waals surface area contributed by atoms with Crippen molar-refractivity contribution in [3.63, 3.8) is 0 Å². The zero-order valence-corrected chi connectivity index (χ0v) is 19.7. The first-order valence-corrected chi connectivity index (χ1v) is 11.6. The molecule has 0 aliphatic carbocycles. The van der Waals surface area contributed by atoms with Gasteiger partial charge in [0.1, 0.15) is 24.9 Å². The average molecular weight is 481 g/mol. The molecule has 3 aromatic rings. The quantitative estimate of drug-likeness (QED) is 0.435. The third-order valence-corrected chi connectivity index (χ3v) is 5.95. The minimum absolute atomic E-state index is 0.127. The van der Waals surface area contributed by atoms with E-state index in [4.69, 9.17) is 23.7 Å². The van der Waals surface area contributed by atoms with Crippen molar-refractivity contribution in [2.24, 2.45) is 0 Å². The summed E-state index contributed by atoms with van der Waals surface area (Å²) in [4.78, 5) is 0. The highest BCUT2D eigenvalue weighted by Crippen LogP contribution is 2.35. The van der Waals surface area contributed by atoms with Gasteiger partial charge in [0.15, 0.2) is 6.29 Å². The Balaban J connectivity index is 1.50. The number of hydrogen-bond donors (Lipinski definition) is 2. The molecule has 1 aliphatic heterocycles. The zero-order valence-electron chi connectivity index (χ0n) is 19.7. The highest BCUT2D eigenvalue weighted by atomic mass is 16.8. The summed E-state index contributed by atoms with van der Waals surface area (Å²) in [5.74, 6) is -1.67. The molecule has 1 heterocycles. The second-order valence-corrected chi connectivity index (χ2v) is 8.48. The molecule has 0 radical (unpaired) electrons. The van der Waals surface area contributed by atoms with E-state index in [1.54, 1.807) is 0 Å². The minimum atomic E-state index is -1.67. The van der Waals surface area contributed by atoms with E-state index >= 15 is 0 Å². The van der Waals surface area contributed by atoms with Crippen LogP contribution in [0.3, 0.4) is 0 Å². The number of ether oxygens (including phenoxy) is 5. The molecule has 5 atom stereocenters. The smallest absolute Gasteiger partial charge is 0.224 e. The van der Waals surface area contributed by atoms with Gasteiger partial charge >= 0.3 is 0 Å². The van der Waals surface area contributed by atoms with Crippen LogP contribution >= 0.6 is 0 Å². The Bertz CT molecular complexity index is 1000. The number of hydrogen-bond acceptors (Lipinski definition) is 7. The average Bonchev–Trinajstić information content (AvgIpc) is 2.91. The summed E-state index contributed by atoms with van der Waals surface area (Å²) in [6.07, 6.45) is -4.71. The highest BCUT2D eigenvalue weighted by molar-refractivity contribution is 5.15. The summed E-state index contributed by atoms with van der Waals surface area (Å²) < 4.78 is 29.7. The third-order valence-electron chi connectivity index (χ3n) is 5.95. The van der Waals surface area contributed by atoms with Gasteiger partial charge in [0.25, 0.3) is 0 Å². The third kappa shape index (κ3) is 6.54. The first-order chi connectivity index (χ1) is 17.1. The maximum absolute atomic E-state index is 11.2. The van der Waals surface area contributed by atoms with Crippen molar-refractivity contribution in [1.29, 1.82) is 0 Å². The molecule has 0 amide bonds. The lowest BCUT2D eigenvalue weighted by Crippen LogP contribution is -2.67. The molecule has 1 saturated heterocycles. The molecule has 7 heteroatoms. The van der Waals surface area contributed by atoms with Gasteiger partial charge in [-0.25, -0.2) is 0 Å². The number of methoxy groups -OCH3 is 1. The molecular formula is C28H32O7. The van der Waals surface area contributed by atoms with Crippen LogP contribution in [-0.4, -0.2) is 54.3 Å². The van der Waals surface area contributed by atoms with Crippen molar-refractivity contribution in [3.8, 4) is 0 Å². The Hall–Kier alpha value is -2.62. The summed E-state index contributed by atoms with van der Waals surface area (Å²) in [6.45, 7) is 0.527. The van der Waals surface area contributed by atoms with Gasteiger partial charge in [-0.3, -0.25) is 0 Å². The SMILES string of the molecule is CO[C@@H]1O[C@@](COCc2ccccc2)(OCc2ccccc2)[C@H](O)[C@H](O)[C@H]1OCc1ccccc1. The second kappa shape index (κ2) is 12.4. The van der Waals surface area contributed by atoms with Crippen molar-refractivity contribution < 1.29 is 33.9 Å². The molecule has 3 aromatic carbocycles. The molecule has 35 heavy (non-hydrogen) atoms. The Morgan fingerprint density at radius 2 is 1.26 bits per heavy atom. The van der Waals surface area contributed by atoms with E-state index in [-0.39, 0.29) is 26.4 Å². The zero-order chi connectivity index (χ0) is 24.5. The standard InChI is InChI=1S/C28H32O7/c1-31-27-25(33-18-22-13-7-3-8-14-22)24(29)26(30)28(35-27,34-19-23-15-9-4-10-16-23)20-32-17-21-11-5-2-6-12-21/h2-16,24-27,29-30H,17-20H2,1H3/t24-,25-,26-,27-,28-/m1/s1. The predicted molar refractivity (Wildman–Crippen MR) is 129 cm³/mol. The molecule has 1 fully saturated rings. The molecule has 7 nitrogen and oxygen atoms in total. The Morgan fingerprint density at radius 1 is 0.743 bits per heavy atom. The topological polar surface area (TPSA) is 86.6 Å². The van der Waals surface area contributed by atoms with Gasteiger partial charge in [-0.2, -0.15) is 0 Å². The van der Waals surface area contributed by atoms with Crippen LogP contribution < -0.4 is 0 Å².